The van der Waals surface area contributed by atoms with Crippen LogP contribution in [0.2, 0.25) is 0 Å². The Morgan fingerprint density at radius 1 is 1.42 bits per heavy atom. The van der Waals surface area contributed by atoms with Gasteiger partial charge in [-0.3, -0.25) is 0 Å². The van der Waals surface area contributed by atoms with Gasteiger partial charge < -0.3 is 10.0 Å². The quantitative estimate of drug-likeness (QED) is 0.696. The molecule has 0 bridgehead atoms. The fourth-order valence-corrected chi connectivity index (χ4v) is 1.37. The molecule has 0 fully saturated rings. The van der Waals surface area contributed by atoms with Crippen LogP contribution in [0, 0.1) is 12.7 Å². The lowest BCUT2D eigenvalue weighted by atomic mass is 9.79. The van der Waals surface area contributed by atoms with E-state index in [2.05, 4.69) is 15.9 Å². The van der Waals surface area contributed by atoms with E-state index in [0.717, 1.165) is 0 Å². The highest BCUT2D eigenvalue weighted by molar-refractivity contribution is 9.10. The third kappa shape index (κ3) is 1.85. The van der Waals surface area contributed by atoms with Crippen LogP contribution in [0.3, 0.4) is 0 Å². The SMILES string of the molecule is Cc1cc(F)c(Br)c(B(O)O)c1. The Balaban J connectivity index is 3.28. The minimum atomic E-state index is -1.64. The lowest BCUT2D eigenvalue weighted by Crippen LogP contribution is -2.31. The molecular formula is C7H7BBrFO2. The smallest absolute Gasteiger partial charge is 0.423 e. The summed E-state index contributed by atoms with van der Waals surface area (Å²) in [4.78, 5) is 0. The number of hydrogen-bond donors (Lipinski definition) is 2. The second-order valence-corrected chi connectivity index (χ2v) is 3.32. The predicted molar refractivity (Wildman–Crippen MR) is 48.7 cm³/mol. The highest BCUT2D eigenvalue weighted by Crippen LogP contribution is 2.14. The Kier molecular flexibility index (Phi) is 2.87. The van der Waals surface area contributed by atoms with Gasteiger partial charge in [-0.15, -0.1) is 0 Å². The molecule has 0 radical (unpaired) electrons. The van der Waals surface area contributed by atoms with Crippen LogP contribution in [0.25, 0.3) is 0 Å². The third-order valence-corrected chi connectivity index (χ3v) is 2.32. The lowest BCUT2D eigenvalue weighted by molar-refractivity contribution is 0.425. The molecule has 0 aliphatic heterocycles. The van der Waals surface area contributed by atoms with Crippen molar-refractivity contribution in [1.29, 1.82) is 0 Å². The third-order valence-electron chi connectivity index (χ3n) is 1.48. The molecule has 0 unspecified atom stereocenters. The molecule has 2 nitrogen and oxygen atoms in total. The monoisotopic (exact) mass is 232 g/mol. The minimum absolute atomic E-state index is 0.100. The Bertz CT molecular complexity index is 304. The summed E-state index contributed by atoms with van der Waals surface area (Å²) in [7, 11) is -1.64. The summed E-state index contributed by atoms with van der Waals surface area (Å²) in [6.45, 7) is 1.68. The van der Waals surface area contributed by atoms with Crippen molar-refractivity contribution in [3.8, 4) is 0 Å². The van der Waals surface area contributed by atoms with Crippen LogP contribution in [-0.2, 0) is 0 Å². The van der Waals surface area contributed by atoms with Crippen molar-refractivity contribution in [3.05, 3.63) is 28.0 Å². The number of halogens is 2. The van der Waals surface area contributed by atoms with Gasteiger partial charge in [-0.05, 0) is 39.9 Å². The van der Waals surface area contributed by atoms with Gasteiger partial charge >= 0.3 is 7.12 Å². The zero-order chi connectivity index (χ0) is 9.30. The van der Waals surface area contributed by atoms with E-state index in [1.165, 1.54) is 12.1 Å². The summed E-state index contributed by atoms with van der Waals surface area (Å²) in [5.41, 5.74) is 0.798. The second-order valence-electron chi connectivity index (χ2n) is 2.52. The standard InChI is InChI=1S/C7H7BBrFO2/c1-4-2-5(8(11)12)7(9)6(10)3-4/h2-3,11-12H,1H3. The highest BCUT2D eigenvalue weighted by atomic mass is 79.9. The van der Waals surface area contributed by atoms with Crippen molar-refractivity contribution in [3.63, 3.8) is 0 Å². The van der Waals surface area contributed by atoms with E-state index in [0.29, 0.717) is 5.56 Å². The topological polar surface area (TPSA) is 40.5 Å². The van der Waals surface area contributed by atoms with Crippen LogP contribution < -0.4 is 5.46 Å². The van der Waals surface area contributed by atoms with Crippen molar-refractivity contribution in [1.82, 2.24) is 0 Å². The summed E-state index contributed by atoms with van der Waals surface area (Å²) < 4.78 is 13.0. The van der Waals surface area contributed by atoms with E-state index >= 15 is 0 Å². The van der Waals surface area contributed by atoms with Crippen LogP contribution >= 0.6 is 15.9 Å². The van der Waals surface area contributed by atoms with Gasteiger partial charge in [0.15, 0.2) is 0 Å². The van der Waals surface area contributed by atoms with Crippen molar-refractivity contribution in [2.45, 2.75) is 6.92 Å². The summed E-state index contributed by atoms with van der Waals surface area (Å²) >= 11 is 2.92. The number of aryl methyl sites for hydroxylation is 1. The Hall–Kier alpha value is -0.385. The van der Waals surface area contributed by atoms with Crippen LogP contribution in [0.5, 0.6) is 0 Å². The van der Waals surface area contributed by atoms with Gasteiger partial charge in [0.05, 0.1) is 4.47 Å². The summed E-state index contributed by atoms with van der Waals surface area (Å²) in [6.07, 6.45) is 0. The van der Waals surface area contributed by atoms with E-state index in [1.54, 1.807) is 6.92 Å². The first kappa shape index (κ1) is 9.70. The first-order chi connectivity index (χ1) is 5.52. The molecule has 1 aromatic rings. The van der Waals surface area contributed by atoms with Crippen molar-refractivity contribution < 1.29 is 14.4 Å². The van der Waals surface area contributed by atoms with Crippen LogP contribution in [0.1, 0.15) is 5.56 Å². The van der Waals surface area contributed by atoms with Crippen LogP contribution in [0.15, 0.2) is 16.6 Å². The Morgan fingerprint density at radius 3 is 2.50 bits per heavy atom. The van der Waals surface area contributed by atoms with E-state index in [-0.39, 0.29) is 9.94 Å². The van der Waals surface area contributed by atoms with E-state index in [1.807, 2.05) is 0 Å². The molecule has 0 heterocycles. The fourth-order valence-electron chi connectivity index (χ4n) is 0.939. The Labute approximate surface area is 78.3 Å². The molecule has 0 atom stereocenters. The normalized spacial score (nSPS) is 10.1. The zero-order valence-corrected chi connectivity index (χ0v) is 7.97. The predicted octanol–water partition coefficient (Wildman–Crippen LogP) is 0.576. The molecule has 0 aromatic heterocycles. The largest absolute Gasteiger partial charge is 0.489 e. The van der Waals surface area contributed by atoms with Crippen molar-refractivity contribution >= 4 is 28.5 Å². The van der Waals surface area contributed by atoms with E-state index in [4.69, 9.17) is 10.0 Å². The lowest BCUT2D eigenvalue weighted by Gasteiger charge is -2.05. The highest BCUT2D eigenvalue weighted by Gasteiger charge is 2.17. The molecule has 12 heavy (non-hydrogen) atoms. The van der Waals surface area contributed by atoms with Gasteiger partial charge in [-0.1, -0.05) is 6.07 Å². The molecule has 1 aromatic carbocycles. The molecular weight excluding hydrogens is 226 g/mol. The molecule has 0 aliphatic carbocycles. The minimum Gasteiger partial charge on any atom is -0.423 e. The molecule has 0 saturated carbocycles. The van der Waals surface area contributed by atoms with Crippen LogP contribution in [-0.4, -0.2) is 17.2 Å². The van der Waals surface area contributed by atoms with E-state index in [9.17, 15) is 4.39 Å². The number of hydrogen-bond acceptors (Lipinski definition) is 2. The summed E-state index contributed by atoms with van der Waals surface area (Å²) in [6, 6.07) is 2.83. The zero-order valence-electron chi connectivity index (χ0n) is 6.38. The second kappa shape index (κ2) is 3.55. The first-order valence-electron chi connectivity index (χ1n) is 3.34. The molecule has 1 rings (SSSR count). The van der Waals surface area contributed by atoms with Gasteiger partial charge in [0, 0.05) is 0 Å². The van der Waals surface area contributed by atoms with Gasteiger partial charge in [0.25, 0.3) is 0 Å². The first-order valence-corrected chi connectivity index (χ1v) is 4.13. The van der Waals surface area contributed by atoms with E-state index < -0.39 is 12.9 Å². The summed E-state index contributed by atoms with van der Waals surface area (Å²) in [5.74, 6) is -0.488. The van der Waals surface area contributed by atoms with Gasteiger partial charge in [-0.2, -0.15) is 0 Å². The summed E-state index contributed by atoms with van der Waals surface area (Å²) in [5, 5.41) is 17.6. The number of rotatable bonds is 1. The maximum Gasteiger partial charge on any atom is 0.489 e. The van der Waals surface area contributed by atoms with Crippen LogP contribution in [0.4, 0.5) is 4.39 Å². The molecule has 0 saturated heterocycles. The maximum absolute atomic E-state index is 12.9. The molecule has 0 aliphatic rings. The number of benzene rings is 1. The average Bonchev–Trinajstić information content (AvgIpc) is 1.96. The van der Waals surface area contributed by atoms with Gasteiger partial charge in [-0.25, -0.2) is 4.39 Å². The Morgan fingerprint density at radius 2 is 2.00 bits per heavy atom. The molecule has 5 heteroatoms. The van der Waals surface area contributed by atoms with Crippen molar-refractivity contribution in [2.24, 2.45) is 0 Å². The average molecular weight is 233 g/mol. The van der Waals surface area contributed by atoms with Gasteiger partial charge in [0.2, 0.25) is 0 Å². The molecule has 0 spiro atoms. The van der Waals surface area contributed by atoms with Crippen molar-refractivity contribution in [2.75, 3.05) is 0 Å². The molecule has 64 valence electrons. The van der Waals surface area contributed by atoms with Gasteiger partial charge in [0.1, 0.15) is 5.82 Å². The fraction of sp³-hybridized carbons (Fsp3) is 0.143. The maximum atomic E-state index is 12.9. The molecule has 2 N–H and O–H groups in total. The molecule has 0 amide bonds.